The van der Waals surface area contributed by atoms with Crippen molar-refractivity contribution in [2.24, 2.45) is 0 Å². The van der Waals surface area contributed by atoms with Gasteiger partial charge < -0.3 is 0 Å². The summed E-state index contributed by atoms with van der Waals surface area (Å²) < 4.78 is 2.48. The number of hydrogen-bond donors (Lipinski definition) is 2. The molecule has 0 heterocycles. The summed E-state index contributed by atoms with van der Waals surface area (Å²) in [7, 11) is 0. The summed E-state index contributed by atoms with van der Waals surface area (Å²) in [5.74, 6) is 0. The van der Waals surface area contributed by atoms with Crippen LogP contribution in [-0.4, -0.2) is 72.3 Å². The fraction of sp³-hybridized carbons (Fsp3) is 0.632. The Bertz CT molecular complexity index is 1130. The molecule has 46 heavy (non-hydrogen) atoms. The van der Waals surface area contributed by atoms with Crippen molar-refractivity contribution in [3.8, 4) is 0 Å². The number of urea groups is 2. The van der Waals surface area contributed by atoms with E-state index in [4.69, 9.17) is 0 Å². The van der Waals surface area contributed by atoms with Crippen molar-refractivity contribution in [1.82, 2.24) is 9.80 Å². The van der Waals surface area contributed by atoms with Crippen LogP contribution < -0.4 is 19.6 Å². The molecule has 0 radical (unpaired) electrons. The van der Waals surface area contributed by atoms with Gasteiger partial charge in [0.15, 0.2) is 0 Å². The van der Waals surface area contributed by atoms with Gasteiger partial charge in [-0.3, -0.25) is 0 Å². The number of hydrogen-bond acceptors (Lipinski definition) is 2. The van der Waals surface area contributed by atoms with Crippen LogP contribution in [0.15, 0.2) is 48.5 Å². The normalized spacial score (nSPS) is 20.6. The molecule has 0 saturated heterocycles. The van der Waals surface area contributed by atoms with Gasteiger partial charge in [-0.25, -0.2) is 0 Å². The van der Waals surface area contributed by atoms with Gasteiger partial charge in [0.1, 0.15) is 0 Å². The SMILES string of the molecule is O=C(Nc1ccccc1[Se][Se]c1ccccc1NC(=O)N(C1CCCCC1)C1CCCCC1)N(C1CCCCC1)C1CCCCC1. The predicted molar refractivity (Wildman–Crippen MR) is 193 cm³/mol. The van der Waals surface area contributed by atoms with Gasteiger partial charge in [-0.1, -0.05) is 0 Å². The van der Waals surface area contributed by atoms with Crippen molar-refractivity contribution in [3.05, 3.63) is 48.5 Å². The molecule has 8 heteroatoms. The van der Waals surface area contributed by atoms with Crippen LogP contribution in [0.25, 0.3) is 0 Å². The molecule has 0 bridgehead atoms. The van der Waals surface area contributed by atoms with E-state index in [1.165, 1.54) is 86.0 Å². The molecule has 2 aromatic carbocycles. The molecule has 4 fully saturated rings. The Labute approximate surface area is 288 Å². The van der Waals surface area contributed by atoms with Crippen molar-refractivity contribution < 1.29 is 9.59 Å². The molecule has 2 aromatic rings. The summed E-state index contributed by atoms with van der Waals surface area (Å²) in [5.41, 5.74) is 1.93. The van der Waals surface area contributed by atoms with E-state index in [-0.39, 0.29) is 38.3 Å². The maximum absolute atomic E-state index is 14.0. The number of carbonyl (C=O) groups is 2. The Morgan fingerprint density at radius 1 is 0.457 bits per heavy atom. The minimum absolute atomic E-state index is 0.104. The van der Waals surface area contributed by atoms with Crippen LogP contribution in [0.5, 0.6) is 0 Å². The Balaban J connectivity index is 1.14. The van der Waals surface area contributed by atoms with Crippen LogP contribution >= 0.6 is 0 Å². The topological polar surface area (TPSA) is 64.7 Å². The number of carbonyl (C=O) groups excluding carboxylic acids is 2. The molecule has 0 aliphatic heterocycles. The molecule has 0 unspecified atom stereocenters. The van der Waals surface area contributed by atoms with Crippen molar-refractivity contribution in [3.63, 3.8) is 0 Å². The zero-order chi connectivity index (χ0) is 31.6. The summed E-state index contributed by atoms with van der Waals surface area (Å²) in [6.07, 6.45) is 24.2. The van der Waals surface area contributed by atoms with E-state index in [0.717, 1.165) is 62.7 Å². The van der Waals surface area contributed by atoms with Crippen molar-refractivity contribution in [1.29, 1.82) is 0 Å². The van der Waals surface area contributed by atoms with Gasteiger partial charge in [0, 0.05) is 0 Å². The van der Waals surface area contributed by atoms with Gasteiger partial charge in [-0.15, -0.1) is 0 Å². The number of nitrogens with zero attached hydrogens (tertiary/aromatic N) is 2. The number of rotatable bonds is 9. The van der Waals surface area contributed by atoms with E-state index in [2.05, 4.69) is 56.8 Å². The summed E-state index contributed by atoms with van der Waals surface area (Å²) in [5, 5.41) is 6.82. The molecular formula is C38H54N4O2Se2. The van der Waals surface area contributed by atoms with E-state index in [1.807, 2.05) is 12.1 Å². The second-order valence-corrected chi connectivity index (χ2v) is 20.2. The molecular weight excluding hydrogens is 702 g/mol. The summed E-state index contributed by atoms with van der Waals surface area (Å²) in [4.78, 5) is 32.6. The first-order chi connectivity index (χ1) is 22.7. The maximum atomic E-state index is 14.0. The van der Waals surface area contributed by atoms with E-state index in [0.29, 0.717) is 24.2 Å². The van der Waals surface area contributed by atoms with E-state index >= 15 is 0 Å². The molecule has 6 rings (SSSR count). The molecule has 250 valence electrons. The quantitative estimate of drug-likeness (QED) is 0.255. The van der Waals surface area contributed by atoms with Crippen molar-refractivity contribution in [2.75, 3.05) is 10.6 Å². The van der Waals surface area contributed by atoms with Crippen LogP contribution in [-0.2, 0) is 0 Å². The van der Waals surface area contributed by atoms with Crippen LogP contribution in [0.3, 0.4) is 0 Å². The second-order valence-electron chi connectivity index (χ2n) is 14.0. The van der Waals surface area contributed by atoms with Crippen LogP contribution in [0.4, 0.5) is 21.0 Å². The zero-order valence-electron chi connectivity index (χ0n) is 27.6. The molecule has 4 aliphatic rings. The van der Waals surface area contributed by atoms with Crippen LogP contribution in [0, 0.1) is 0 Å². The molecule has 0 aromatic heterocycles. The number of nitrogens with one attached hydrogen (secondary N) is 2. The number of anilines is 2. The third kappa shape index (κ3) is 8.92. The number of para-hydroxylation sites is 2. The van der Waals surface area contributed by atoms with E-state index in [1.54, 1.807) is 0 Å². The third-order valence-corrected chi connectivity index (χ3v) is 18.1. The standard InChI is InChI=1S/C38H54N4O2Se2/c43-37(41(29-17-5-1-6-18-29)30-19-7-2-8-20-30)39-33-25-13-15-27-35(33)45-46-36-28-16-14-26-34(36)40-38(44)42(31-21-9-3-10-22-31)32-23-11-4-12-24-32/h13-16,25-32H,1-12,17-24H2,(H,39,43)(H,40,44). The Hall–Kier alpha value is -1.98. The second kappa shape index (κ2) is 17.4. The van der Waals surface area contributed by atoms with Crippen LogP contribution in [0.2, 0.25) is 0 Å². The minimum atomic E-state index is 0.104. The molecule has 4 saturated carbocycles. The Morgan fingerprint density at radius 3 is 1.04 bits per heavy atom. The van der Waals surface area contributed by atoms with Gasteiger partial charge in [0.25, 0.3) is 0 Å². The summed E-state index contributed by atoms with van der Waals surface area (Å²) in [6.45, 7) is 0. The Kier molecular flexibility index (Phi) is 12.8. The number of amides is 4. The van der Waals surface area contributed by atoms with Gasteiger partial charge in [-0.05, 0) is 0 Å². The average molecular weight is 757 g/mol. The number of benzene rings is 2. The Morgan fingerprint density at radius 2 is 0.739 bits per heavy atom. The molecule has 6 nitrogen and oxygen atoms in total. The van der Waals surface area contributed by atoms with E-state index in [9.17, 15) is 9.59 Å². The third-order valence-electron chi connectivity index (χ3n) is 10.8. The molecule has 4 amide bonds. The van der Waals surface area contributed by atoms with Crippen molar-refractivity contribution in [2.45, 2.75) is 153 Å². The average Bonchev–Trinajstić information content (AvgIpc) is 3.10. The first kappa shape index (κ1) is 33.9. The fourth-order valence-corrected chi connectivity index (χ4v) is 15.4. The monoisotopic (exact) mass is 758 g/mol. The molecule has 4 aliphatic carbocycles. The van der Waals surface area contributed by atoms with Gasteiger partial charge >= 0.3 is 290 Å². The van der Waals surface area contributed by atoms with Gasteiger partial charge in [0.2, 0.25) is 0 Å². The molecule has 2 N–H and O–H groups in total. The first-order valence-electron chi connectivity index (χ1n) is 18.4. The first-order valence-corrected chi connectivity index (χ1v) is 24.4. The molecule has 0 atom stereocenters. The van der Waals surface area contributed by atoms with E-state index < -0.39 is 0 Å². The van der Waals surface area contributed by atoms with Gasteiger partial charge in [-0.2, -0.15) is 0 Å². The van der Waals surface area contributed by atoms with Crippen molar-refractivity contribution >= 4 is 58.6 Å². The zero-order valence-corrected chi connectivity index (χ0v) is 31.0. The predicted octanol–water partition coefficient (Wildman–Crippen LogP) is 7.96. The molecule has 0 spiro atoms. The summed E-state index contributed by atoms with van der Waals surface area (Å²) in [6, 6.07) is 18.6. The fourth-order valence-electron chi connectivity index (χ4n) is 8.43. The van der Waals surface area contributed by atoms with Crippen LogP contribution in [0.1, 0.15) is 128 Å². The van der Waals surface area contributed by atoms with Gasteiger partial charge in [0.05, 0.1) is 0 Å². The summed E-state index contributed by atoms with van der Waals surface area (Å²) >= 11 is 0.315.